The van der Waals surface area contributed by atoms with E-state index in [0.29, 0.717) is 25.0 Å². The lowest BCUT2D eigenvalue weighted by Gasteiger charge is -2.25. The minimum Gasteiger partial charge on any atom is -0.341 e. The van der Waals surface area contributed by atoms with Crippen LogP contribution in [-0.2, 0) is 13.1 Å². The first-order valence-electron chi connectivity index (χ1n) is 9.19. The van der Waals surface area contributed by atoms with Crippen molar-refractivity contribution < 1.29 is 0 Å². The van der Waals surface area contributed by atoms with Crippen molar-refractivity contribution in [1.82, 2.24) is 15.0 Å². The fourth-order valence-electron chi connectivity index (χ4n) is 2.92. The van der Waals surface area contributed by atoms with Crippen LogP contribution in [0.3, 0.4) is 0 Å². The molecule has 0 fully saturated rings. The van der Waals surface area contributed by atoms with Gasteiger partial charge in [0.2, 0.25) is 17.2 Å². The lowest BCUT2D eigenvalue weighted by Crippen LogP contribution is -2.28. The molecule has 0 aliphatic carbocycles. The number of nitrogens with zero attached hydrogens (tertiary/aromatic N) is 5. The molecule has 0 spiro atoms. The number of halogens is 1. The number of anilines is 2. The molecule has 0 bridgehead atoms. The molecule has 27 heavy (non-hydrogen) atoms. The van der Waals surface area contributed by atoms with Gasteiger partial charge in [0.05, 0.1) is 0 Å². The second-order valence-electron chi connectivity index (χ2n) is 6.20. The third-order valence-corrected chi connectivity index (χ3v) is 4.52. The van der Waals surface area contributed by atoms with Gasteiger partial charge in [-0.2, -0.15) is 15.0 Å². The quantitative estimate of drug-likeness (QED) is 0.571. The largest absolute Gasteiger partial charge is 0.341 e. The molecule has 6 heteroatoms. The highest BCUT2D eigenvalue weighted by atomic mass is 35.5. The predicted molar refractivity (Wildman–Crippen MR) is 111 cm³/mol. The molecule has 0 saturated heterocycles. The molecule has 1 heterocycles. The number of aromatic nitrogens is 3. The Kier molecular flexibility index (Phi) is 6.60. The first-order chi connectivity index (χ1) is 13.2. The van der Waals surface area contributed by atoms with E-state index >= 15 is 0 Å². The molecule has 0 atom stereocenters. The zero-order valence-corrected chi connectivity index (χ0v) is 16.5. The van der Waals surface area contributed by atoms with Gasteiger partial charge >= 0.3 is 0 Å². The van der Waals surface area contributed by atoms with Gasteiger partial charge in [0, 0.05) is 26.2 Å². The maximum atomic E-state index is 6.24. The van der Waals surface area contributed by atoms with Gasteiger partial charge in [-0.05, 0) is 36.6 Å². The first-order valence-corrected chi connectivity index (χ1v) is 9.56. The summed E-state index contributed by atoms with van der Waals surface area (Å²) >= 11 is 6.24. The number of hydrogen-bond donors (Lipinski definition) is 0. The average Bonchev–Trinajstić information content (AvgIpc) is 2.70. The van der Waals surface area contributed by atoms with Crippen LogP contribution in [0.5, 0.6) is 0 Å². The van der Waals surface area contributed by atoms with Crippen molar-refractivity contribution >= 4 is 23.5 Å². The Bertz CT molecular complexity index is 796. The lowest BCUT2D eigenvalue weighted by molar-refractivity contribution is 0.742. The molecule has 1 aromatic heterocycles. The van der Waals surface area contributed by atoms with Crippen LogP contribution in [0.2, 0.25) is 5.28 Å². The van der Waals surface area contributed by atoms with Gasteiger partial charge in [-0.3, -0.25) is 0 Å². The van der Waals surface area contributed by atoms with Crippen LogP contribution in [0.4, 0.5) is 11.9 Å². The van der Waals surface area contributed by atoms with Gasteiger partial charge in [0.25, 0.3) is 0 Å². The van der Waals surface area contributed by atoms with Crippen LogP contribution in [0.25, 0.3) is 0 Å². The standard InChI is InChI=1S/C21H24ClN5/c1-3-26(4-2)20-23-19(22)24-21(25-20)27(15-17-11-7-5-8-12-17)16-18-13-9-6-10-14-18/h5-14H,3-4,15-16H2,1-2H3. The molecule has 3 aromatic rings. The summed E-state index contributed by atoms with van der Waals surface area (Å²) in [5, 5.41) is 0.216. The molecule has 0 amide bonds. The normalized spacial score (nSPS) is 10.6. The summed E-state index contributed by atoms with van der Waals surface area (Å²) in [5.74, 6) is 1.20. The van der Waals surface area contributed by atoms with Crippen LogP contribution >= 0.6 is 11.6 Å². The first kappa shape index (κ1) is 19.1. The second kappa shape index (κ2) is 9.33. The highest BCUT2D eigenvalue weighted by molar-refractivity contribution is 6.28. The summed E-state index contributed by atoms with van der Waals surface area (Å²) < 4.78 is 0. The van der Waals surface area contributed by atoms with Crippen LogP contribution in [0.15, 0.2) is 60.7 Å². The molecule has 2 aromatic carbocycles. The van der Waals surface area contributed by atoms with Gasteiger partial charge in [-0.15, -0.1) is 0 Å². The van der Waals surface area contributed by atoms with E-state index < -0.39 is 0 Å². The van der Waals surface area contributed by atoms with E-state index in [9.17, 15) is 0 Å². The van der Waals surface area contributed by atoms with E-state index in [0.717, 1.165) is 13.1 Å². The molecule has 140 valence electrons. The number of benzene rings is 2. The van der Waals surface area contributed by atoms with Gasteiger partial charge in [0.15, 0.2) is 0 Å². The van der Waals surface area contributed by atoms with Crippen molar-refractivity contribution in [2.45, 2.75) is 26.9 Å². The fraction of sp³-hybridized carbons (Fsp3) is 0.286. The Hall–Kier alpha value is -2.66. The van der Waals surface area contributed by atoms with E-state index in [4.69, 9.17) is 16.6 Å². The Morgan fingerprint density at radius 1 is 0.667 bits per heavy atom. The molecule has 0 aliphatic rings. The van der Waals surface area contributed by atoms with E-state index in [1.807, 2.05) is 36.4 Å². The van der Waals surface area contributed by atoms with Crippen molar-refractivity contribution in [3.8, 4) is 0 Å². The summed E-state index contributed by atoms with van der Waals surface area (Å²) in [6, 6.07) is 20.6. The van der Waals surface area contributed by atoms with Crippen molar-refractivity contribution in [2.24, 2.45) is 0 Å². The summed E-state index contributed by atoms with van der Waals surface area (Å²) in [4.78, 5) is 17.6. The number of hydrogen-bond acceptors (Lipinski definition) is 5. The van der Waals surface area contributed by atoms with Gasteiger partial charge in [0.1, 0.15) is 0 Å². The molecular formula is C21H24ClN5. The SMILES string of the molecule is CCN(CC)c1nc(Cl)nc(N(Cc2ccccc2)Cc2ccccc2)n1. The van der Waals surface area contributed by atoms with E-state index in [1.165, 1.54) is 11.1 Å². The third kappa shape index (κ3) is 5.17. The van der Waals surface area contributed by atoms with Crippen LogP contribution in [0, 0.1) is 0 Å². The van der Waals surface area contributed by atoms with Crippen molar-refractivity contribution in [2.75, 3.05) is 22.9 Å². The highest BCUT2D eigenvalue weighted by Crippen LogP contribution is 2.21. The molecule has 3 rings (SSSR count). The minimum absolute atomic E-state index is 0.216. The van der Waals surface area contributed by atoms with Gasteiger partial charge in [-0.25, -0.2) is 0 Å². The molecule has 0 N–H and O–H groups in total. The zero-order chi connectivity index (χ0) is 19.1. The average molecular weight is 382 g/mol. The Morgan fingerprint density at radius 3 is 1.56 bits per heavy atom. The Labute approximate surface area is 165 Å². The monoisotopic (exact) mass is 381 g/mol. The van der Waals surface area contributed by atoms with Gasteiger partial charge < -0.3 is 9.80 Å². The van der Waals surface area contributed by atoms with Crippen LogP contribution < -0.4 is 9.80 Å². The summed E-state index contributed by atoms with van der Waals surface area (Å²) in [6.45, 7) is 7.15. The third-order valence-electron chi connectivity index (χ3n) is 4.35. The smallest absolute Gasteiger partial charge is 0.232 e. The van der Waals surface area contributed by atoms with Crippen molar-refractivity contribution in [3.05, 3.63) is 77.1 Å². The molecule has 0 saturated carbocycles. The Balaban J connectivity index is 1.96. The molecule has 0 unspecified atom stereocenters. The fourth-order valence-corrected chi connectivity index (χ4v) is 3.07. The van der Waals surface area contributed by atoms with Crippen LogP contribution in [0.1, 0.15) is 25.0 Å². The zero-order valence-electron chi connectivity index (χ0n) is 15.7. The predicted octanol–water partition coefficient (Wildman–Crippen LogP) is 4.58. The van der Waals surface area contributed by atoms with Crippen molar-refractivity contribution in [3.63, 3.8) is 0 Å². The van der Waals surface area contributed by atoms with E-state index in [-0.39, 0.29) is 5.28 Å². The topological polar surface area (TPSA) is 45.2 Å². The minimum atomic E-state index is 0.216. The second-order valence-corrected chi connectivity index (χ2v) is 6.54. The molecule has 5 nitrogen and oxygen atoms in total. The van der Waals surface area contributed by atoms with Crippen molar-refractivity contribution in [1.29, 1.82) is 0 Å². The molecule has 0 radical (unpaired) electrons. The summed E-state index contributed by atoms with van der Waals surface area (Å²) in [7, 11) is 0. The van der Waals surface area contributed by atoms with Crippen LogP contribution in [-0.4, -0.2) is 28.0 Å². The van der Waals surface area contributed by atoms with E-state index in [1.54, 1.807) is 0 Å². The molecular weight excluding hydrogens is 358 g/mol. The summed E-state index contributed by atoms with van der Waals surface area (Å²) in [5.41, 5.74) is 2.38. The lowest BCUT2D eigenvalue weighted by atomic mass is 10.2. The maximum Gasteiger partial charge on any atom is 0.232 e. The number of rotatable bonds is 8. The molecule has 0 aliphatic heterocycles. The Morgan fingerprint density at radius 2 is 1.11 bits per heavy atom. The van der Waals surface area contributed by atoms with Gasteiger partial charge in [-0.1, -0.05) is 60.7 Å². The summed E-state index contributed by atoms with van der Waals surface area (Å²) in [6.07, 6.45) is 0. The maximum absolute atomic E-state index is 6.24. The highest BCUT2D eigenvalue weighted by Gasteiger charge is 2.16. The van der Waals surface area contributed by atoms with E-state index in [2.05, 4.69) is 57.9 Å².